The molecule has 6 heteroatoms. The largest absolute Gasteiger partial charge is 0.392 e. The minimum atomic E-state index is -0.438. The lowest BCUT2D eigenvalue weighted by Gasteiger charge is -1.97. The Morgan fingerprint density at radius 3 is 2.69 bits per heavy atom. The molecule has 0 amide bonds. The van der Waals surface area contributed by atoms with Crippen molar-refractivity contribution in [3.8, 4) is 0 Å². The SMILES string of the molecule is Cc1cn(CCCCCCS)nc1[N+](=O)[O-]. The summed E-state index contributed by atoms with van der Waals surface area (Å²) < 4.78 is 1.66. The van der Waals surface area contributed by atoms with Gasteiger partial charge in [0.1, 0.15) is 0 Å². The van der Waals surface area contributed by atoms with Crippen molar-refractivity contribution >= 4 is 18.4 Å². The monoisotopic (exact) mass is 243 g/mol. The molecule has 0 N–H and O–H groups in total. The van der Waals surface area contributed by atoms with Crippen LogP contribution in [-0.4, -0.2) is 20.5 Å². The number of aromatic nitrogens is 2. The molecule has 0 spiro atoms. The third kappa shape index (κ3) is 3.84. The highest BCUT2D eigenvalue weighted by atomic mass is 32.1. The molecule has 1 aromatic heterocycles. The van der Waals surface area contributed by atoms with Gasteiger partial charge in [-0.15, -0.1) is 0 Å². The summed E-state index contributed by atoms with van der Waals surface area (Å²) in [6, 6.07) is 0. The average molecular weight is 243 g/mol. The zero-order chi connectivity index (χ0) is 12.0. The van der Waals surface area contributed by atoms with Gasteiger partial charge < -0.3 is 10.1 Å². The molecule has 90 valence electrons. The minimum absolute atomic E-state index is 0.0321. The number of hydrogen-bond donors (Lipinski definition) is 1. The Hall–Kier alpha value is -1.04. The zero-order valence-electron chi connectivity index (χ0n) is 9.43. The van der Waals surface area contributed by atoms with Gasteiger partial charge in [0.15, 0.2) is 0 Å². The van der Waals surface area contributed by atoms with Gasteiger partial charge in [-0.05, 0) is 30.4 Å². The summed E-state index contributed by atoms with van der Waals surface area (Å²) in [5.74, 6) is 0.891. The Balaban J connectivity index is 2.37. The van der Waals surface area contributed by atoms with Crippen molar-refractivity contribution in [3.05, 3.63) is 21.9 Å². The third-order valence-electron chi connectivity index (χ3n) is 2.39. The Labute approximate surface area is 100 Å². The number of rotatable bonds is 7. The summed E-state index contributed by atoms with van der Waals surface area (Å²) in [5.41, 5.74) is 0.625. The van der Waals surface area contributed by atoms with Crippen molar-refractivity contribution in [1.82, 2.24) is 9.78 Å². The van der Waals surface area contributed by atoms with Crippen molar-refractivity contribution in [1.29, 1.82) is 0 Å². The highest BCUT2D eigenvalue weighted by molar-refractivity contribution is 7.80. The first kappa shape index (κ1) is 13.0. The molecule has 1 aromatic rings. The molecule has 0 bridgehead atoms. The van der Waals surface area contributed by atoms with Crippen molar-refractivity contribution in [2.75, 3.05) is 5.75 Å². The number of hydrogen-bond acceptors (Lipinski definition) is 4. The van der Waals surface area contributed by atoms with Crippen LogP contribution in [0.15, 0.2) is 6.20 Å². The molecule has 0 aromatic carbocycles. The molecule has 0 atom stereocenters. The molecular weight excluding hydrogens is 226 g/mol. The number of nitrogens with zero attached hydrogens (tertiary/aromatic N) is 3. The molecule has 0 saturated carbocycles. The lowest BCUT2D eigenvalue weighted by atomic mass is 10.2. The zero-order valence-corrected chi connectivity index (χ0v) is 10.3. The van der Waals surface area contributed by atoms with Gasteiger partial charge in [-0.25, -0.2) is 0 Å². The summed E-state index contributed by atoms with van der Waals surface area (Å²) in [7, 11) is 0. The van der Waals surface area contributed by atoms with Gasteiger partial charge >= 0.3 is 5.82 Å². The second kappa shape index (κ2) is 6.52. The van der Waals surface area contributed by atoms with E-state index in [0.717, 1.165) is 38.0 Å². The first-order valence-electron chi connectivity index (χ1n) is 5.44. The molecule has 16 heavy (non-hydrogen) atoms. The Morgan fingerprint density at radius 2 is 2.12 bits per heavy atom. The first-order valence-corrected chi connectivity index (χ1v) is 6.07. The molecular formula is C10H17N3O2S. The van der Waals surface area contributed by atoms with Crippen molar-refractivity contribution in [2.45, 2.75) is 39.2 Å². The standard InChI is InChI=1S/C10H17N3O2S/c1-9-8-12(11-10(9)13(14)15)6-4-2-3-5-7-16/h8,16H,2-7H2,1H3. The number of unbranched alkanes of at least 4 members (excludes halogenated alkanes) is 3. The van der Waals surface area contributed by atoms with E-state index in [-0.39, 0.29) is 5.82 Å². The molecule has 5 nitrogen and oxygen atoms in total. The maximum absolute atomic E-state index is 10.6. The van der Waals surface area contributed by atoms with Crippen LogP contribution >= 0.6 is 12.6 Å². The molecule has 0 saturated heterocycles. The van der Waals surface area contributed by atoms with Gasteiger partial charge in [-0.2, -0.15) is 17.3 Å². The Kier molecular flexibility index (Phi) is 5.31. The molecule has 1 rings (SSSR count). The van der Waals surface area contributed by atoms with E-state index in [1.165, 1.54) is 0 Å². The van der Waals surface area contributed by atoms with E-state index >= 15 is 0 Å². The molecule has 0 fully saturated rings. The highest BCUT2D eigenvalue weighted by Crippen LogP contribution is 2.14. The van der Waals surface area contributed by atoms with E-state index in [1.54, 1.807) is 17.8 Å². The molecule has 0 aliphatic carbocycles. The molecule has 0 aliphatic heterocycles. The van der Waals surface area contributed by atoms with Crippen LogP contribution in [0.5, 0.6) is 0 Å². The summed E-state index contributed by atoms with van der Waals surface area (Å²) in [4.78, 5) is 10.1. The third-order valence-corrected chi connectivity index (χ3v) is 2.70. The average Bonchev–Trinajstić information content (AvgIpc) is 2.59. The van der Waals surface area contributed by atoms with Crippen LogP contribution in [-0.2, 0) is 6.54 Å². The summed E-state index contributed by atoms with van der Waals surface area (Å²) in [6.45, 7) is 2.46. The van der Waals surface area contributed by atoms with E-state index < -0.39 is 4.92 Å². The molecule has 0 unspecified atom stereocenters. The molecule has 0 radical (unpaired) electrons. The first-order chi connectivity index (χ1) is 7.65. The second-order valence-corrected chi connectivity index (χ2v) is 4.24. The van der Waals surface area contributed by atoms with E-state index in [4.69, 9.17) is 0 Å². The van der Waals surface area contributed by atoms with Crippen molar-refractivity contribution < 1.29 is 4.92 Å². The van der Waals surface area contributed by atoms with Gasteiger partial charge in [0.05, 0.1) is 23.4 Å². The van der Waals surface area contributed by atoms with Crippen molar-refractivity contribution in [3.63, 3.8) is 0 Å². The van der Waals surface area contributed by atoms with Crippen molar-refractivity contribution in [2.24, 2.45) is 0 Å². The number of nitro groups is 1. The van der Waals surface area contributed by atoms with E-state index in [9.17, 15) is 10.1 Å². The van der Waals surface area contributed by atoms with Crippen LogP contribution in [0.1, 0.15) is 31.2 Å². The second-order valence-electron chi connectivity index (χ2n) is 3.79. The highest BCUT2D eigenvalue weighted by Gasteiger charge is 2.16. The number of aryl methyl sites for hydroxylation is 2. The van der Waals surface area contributed by atoms with E-state index in [2.05, 4.69) is 17.7 Å². The van der Waals surface area contributed by atoms with Gasteiger partial charge in [-0.1, -0.05) is 12.8 Å². The lowest BCUT2D eigenvalue weighted by Crippen LogP contribution is -1.99. The fourth-order valence-electron chi connectivity index (χ4n) is 1.54. The van der Waals surface area contributed by atoms with Gasteiger partial charge in [0.2, 0.25) is 0 Å². The predicted octanol–water partition coefficient (Wildman–Crippen LogP) is 2.59. The van der Waals surface area contributed by atoms with Crippen LogP contribution in [0, 0.1) is 17.0 Å². The van der Waals surface area contributed by atoms with Crippen LogP contribution < -0.4 is 0 Å². The Bertz CT molecular complexity index is 352. The van der Waals surface area contributed by atoms with Crippen LogP contribution in [0.4, 0.5) is 5.82 Å². The maximum Gasteiger partial charge on any atom is 0.392 e. The summed E-state index contributed by atoms with van der Waals surface area (Å²) in [5, 5.41) is 14.5. The van der Waals surface area contributed by atoms with E-state index in [1.807, 2.05) is 0 Å². The van der Waals surface area contributed by atoms with Gasteiger partial charge in [-0.3, -0.25) is 0 Å². The fraction of sp³-hybridized carbons (Fsp3) is 0.700. The molecule has 1 heterocycles. The molecule has 0 aliphatic rings. The summed E-state index contributed by atoms with van der Waals surface area (Å²) >= 11 is 4.14. The predicted molar refractivity (Wildman–Crippen MR) is 65.9 cm³/mol. The smallest absolute Gasteiger partial charge is 0.358 e. The normalized spacial score (nSPS) is 10.6. The van der Waals surface area contributed by atoms with E-state index in [0.29, 0.717) is 5.56 Å². The van der Waals surface area contributed by atoms with Crippen LogP contribution in [0.3, 0.4) is 0 Å². The minimum Gasteiger partial charge on any atom is -0.358 e. The lowest BCUT2D eigenvalue weighted by molar-refractivity contribution is -0.390. The topological polar surface area (TPSA) is 61.0 Å². The maximum atomic E-state index is 10.6. The van der Waals surface area contributed by atoms with Gasteiger partial charge in [0, 0.05) is 0 Å². The van der Waals surface area contributed by atoms with Gasteiger partial charge in [0.25, 0.3) is 0 Å². The fourth-order valence-corrected chi connectivity index (χ4v) is 1.77. The van der Waals surface area contributed by atoms with Crippen LogP contribution in [0.25, 0.3) is 0 Å². The van der Waals surface area contributed by atoms with Crippen LogP contribution in [0.2, 0.25) is 0 Å². The quantitative estimate of drug-likeness (QED) is 0.346. The number of thiol groups is 1. The Morgan fingerprint density at radius 1 is 1.44 bits per heavy atom. The summed E-state index contributed by atoms with van der Waals surface area (Å²) in [6.07, 6.45) is 6.14.